The zero-order valence-corrected chi connectivity index (χ0v) is 9.45. The van der Waals surface area contributed by atoms with Crippen molar-refractivity contribution >= 4 is 17.2 Å². The number of hydrogen-bond acceptors (Lipinski definition) is 6. The van der Waals surface area contributed by atoms with E-state index in [1.165, 1.54) is 6.20 Å². The highest BCUT2D eigenvalue weighted by molar-refractivity contribution is 7.09. The first-order valence-electron chi connectivity index (χ1n) is 4.61. The molecule has 6 heteroatoms. The Morgan fingerprint density at radius 2 is 2.31 bits per heavy atom. The van der Waals surface area contributed by atoms with E-state index in [1.807, 2.05) is 18.4 Å². The number of rotatable bonds is 2. The maximum atomic E-state index is 8.68. The molecule has 2 heterocycles. The lowest BCUT2D eigenvalue weighted by molar-refractivity contribution is 0.942. The van der Waals surface area contributed by atoms with Crippen molar-refractivity contribution in [3.63, 3.8) is 0 Å². The summed E-state index contributed by atoms with van der Waals surface area (Å²) in [7, 11) is 0. The molecule has 2 aromatic rings. The molecule has 0 aliphatic rings. The van der Waals surface area contributed by atoms with Crippen LogP contribution in [0, 0.1) is 18.3 Å². The topological polar surface area (TPSA) is 88.5 Å². The summed E-state index contributed by atoms with van der Waals surface area (Å²) < 4.78 is 0. The van der Waals surface area contributed by atoms with E-state index in [-0.39, 0.29) is 5.82 Å². The van der Waals surface area contributed by atoms with Crippen LogP contribution in [0.25, 0.3) is 0 Å². The average molecular weight is 231 g/mol. The molecule has 16 heavy (non-hydrogen) atoms. The van der Waals surface area contributed by atoms with Gasteiger partial charge in [0.05, 0.1) is 23.3 Å². The van der Waals surface area contributed by atoms with Gasteiger partial charge in [0.1, 0.15) is 23.3 Å². The molecule has 0 spiro atoms. The van der Waals surface area contributed by atoms with E-state index in [9.17, 15) is 0 Å². The Morgan fingerprint density at radius 1 is 1.50 bits per heavy atom. The maximum Gasteiger partial charge on any atom is 0.145 e. The number of nitrogens with two attached hydrogens (primary N) is 1. The van der Waals surface area contributed by atoms with E-state index in [4.69, 9.17) is 11.0 Å². The first-order chi connectivity index (χ1) is 7.69. The van der Waals surface area contributed by atoms with E-state index in [0.717, 1.165) is 10.7 Å². The minimum absolute atomic E-state index is 0.222. The van der Waals surface area contributed by atoms with Gasteiger partial charge in [0, 0.05) is 5.38 Å². The number of thiazole rings is 1. The summed E-state index contributed by atoms with van der Waals surface area (Å²) in [6, 6.07) is 1.93. The zero-order chi connectivity index (χ0) is 11.5. The van der Waals surface area contributed by atoms with E-state index in [1.54, 1.807) is 11.3 Å². The van der Waals surface area contributed by atoms with E-state index in [0.29, 0.717) is 17.8 Å². The third kappa shape index (κ3) is 2.15. The minimum atomic E-state index is 0.222. The molecule has 0 fully saturated rings. The molecule has 0 saturated heterocycles. The van der Waals surface area contributed by atoms with Gasteiger partial charge in [-0.05, 0) is 6.92 Å². The summed E-state index contributed by atoms with van der Waals surface area (Å²) in [4.78, 5) is 12.4. The Labute approximate surface area is 96.6 Å². The number of hydrogen-bond donors (Lipinski definition) is 1. The first-order valence-corrected chi connectivity index (χ1v) is 5.49. The monoisotopic (exact) mass is 231 g/mol. The van der Waals surface area contributed by atoms with Crippen molar-refractivity contribution in [2.75, 3.05) is 5.73 Å². The van der Waals surface area contributed by atoms with E-state index in [2.05, 4.69) is 15.0 Å². The average Bonchev–Trinajstić information content (AvgIpc) is 2.64. The second kappa shape index (κ2) is 4.24. The molecule has 0 unspecified atom stereocenters. The fourth-order valence-electron chi connectivity index (χ4n) is 1.26. The lowest BCUT2D eigenvalue weighted by Gasteiger charge is -1.99. The van der Waals surface area contributed by atoms with Crippen LogP contribution in [0.1, 0.15) is 22.1 Å². The zero-order valence-electron chi connectivity index (χ0n) is 8.64. The molecular formula is C10H9N5S. The number of nitrogens with zero attached hydrogens (tertiary/aromatic N) is 4. The van der Waals surface area contributed by atoms with Gasteiger partial charge in [0.25, 0.3) is 0 Å². The van der Waals surface area contributed by atoms with Crippen molar-refractivity contribution in [3.8, 4) is 6.07 Å². The third-order valence-corrected chi connectivity index (χ3v) is 2.82. The molecule has 5 nitrogen and oxygen atoms in total. The summed E-state index contributed by atoms with van der Waals surface area (Å²) in [6.07, 6.45) is 1.98. The van der Waals surface area contributed by atoms with Gasteiger partial charge in [0.15, 0.2) is 0 Å². The molecule has 0 atom stereocenters. The first kappa shape index (κ1) is 10.5. The lowest BCUT2D eigenvalue weighted by atomic mass is 10.3. The highest BCUT2D eigenvalue weighted by Crippen LogP contribution is 2.12. The molecule has 2 N–H and O–H groups in total. The second-order valence-corrected chi connectivity index (χ2v) is 4.29. The second-order valence-electron chi connectivity index (χ2n) is 3.23. The summed E-state index contributed by atoms with van der Waals surface area (Å²) in [5.41, 5.74) is 6.83. The van der Waals surface area contributed by atoms with Gasteiger partial charge in [-0.2, -0.15) is 5.26 Å². The number of aryl methyl sites for hydroxylation is 1. The molecule has 0 amide bonds. The van der Waals surface area contributed by atoms with E-state index < -0.39 is 0 Å². The summed E-state index contributed by atoms with van der Waals surface area (Å²) in [5, 5.41) is 11.7. The van der Waals surface area contributed by atoms with Crippen LogP contribution in [-0.4, -0.2) is 15.0 Å². The van der Waals surface area contributed by atoms with Crippen molar-refractivity contribution in [1.29, 1.82) is 5.26 Å². The standard InChI is InChI=1S/C10H9N5S/c1-6-14-8(5-16-6)2-9-13-4-7(3-11)10(12)15-9/h4-5H,2H2,1H3,(H2,12,13,15). The molecule has 80 valence electrons. The highest BCUT2D eigenvalue weighted by Gasteiger charge is 2.06. The summed E-state index contributed by atoms with van der Waals surface area (Å²) >= 11 is 1.59. The minimum Gasteiger partial charge on any atom is -0.382 e. The van der Waals surface area contributed by atoms with Crippen molar-refractivity contribution in [2.45, 2.75) is 13.3 Å². The Balaban J connectivity index is 2.23. The molecule has 2 aromatic heterocycles. The summed E-state index contributed by atoms with van der Waals surface area (Å²) in [5.74, 6) is 0.807. The molecule has 0 aromatic carbocycles. The van der Waals surface area contributed by atoms with Gasteiger partial charge in [0.2, 0.25) is 0 Å². The van der Waals surface area contributed by atoms with Gasteiger partial charge in [-0.1, -0.05) is 0 Å². The Morgan fingerprint density at radius 3 is 2.88 bits per heavy atom. The lowest BCUT2D eigenvalue weighted by Crippen LogP contribution is -2.02. The van der Waals surface area contributed by atoms with Gasteiger partial charge in [-0.15, -0.1) is 11.3 Å². The van der Waals surface area contributed by atoms with Crippen LogP contribution < -0.4 is 5.73 Å². The number of nitrogen functional groups attached to an aromatic ring is 1. The fourth-order valence-corrected chi connectivity index (χ4v) is 1.87. The SMILES string of the molecule is Cc1nc(Cc2ncc(C#N)c(N)n2)cs1. The van der Waals surface area contributed by atoms with Gasteiger partial charge in [-0.25, -0.2) is 15.0 Å². The number of nitriles is 1. The molecular weight excluding hydrogens is 222 g/mol. The predicted octanol–water partition coefficient (Wildman–Crippen LogP) is 1.29. The van der Waals surface area contributed by atoms with Gasteiger partial charge < -0.3 is 5.73 Å². The smallest absolute Gasteiger partial charge is 0.145 e. The van der Waals surface area contributed by atoms with E-state index >= 15 is 0 Å². The third-order valence-electron chi connectivity index (χ3n) is 1.99. The number of anilines is 1. The van der Waals surface area contributed by atoms with Crippen molar-refractivity contribution in [3.05, 3.63) is 33.7 Å². The normalized spacial score (nSPS) is 10.0. The molecule has 0 aliphatic carbocycles. The van der Waals surface area contributed by atoms with Crippen LogP contribution in [0.15, 0.2) is 11.6 Å². The Hall–Kier alpha value is -2.00. The quantitative estimate of drug-likeness (QED) is 0.841. The van der Waals surface area contributed by atoms with Crippen LogP contribution >= 0.6 is 11.3 Å². The van der Waals surface area contributed by atoms with Crippen molar-refractivity contribution in [1.82, 2.24) is 15.0 Å². The van der Waals surface area contributed by atoms with Gasteiger partial charge in [-0.3, -0.25) is 0 Å². The van der Waals surface area contributed by atoms with Crippen LogP contribution in [0.4, 0.5) is 5.82 Å². The maximum absolute atomic E-state index is 8.68. The van der Waals surface area contributed by atoms with Gasteiger partial charge >= 0.3 is 0 Å². The van der Waals surface area contributed by atoms with Crippen LogP contribution in [0.5, 0.6) is 0 Å². The molecule has 0 aliphatic heterocycles. The molecule has 2 rings (SSSR count). The van der Waals surface area contributed by atoms with Crippen LogP contribution in [-0.2, 0) is 6.42 Å². The molecule has 0 radical (unpaired) electrons. The number of aromatic nitrogens is 3. The largest absolute Gasteiger partial charge is 0.382 e. The Kier molecular flexibility index (Phi) is 2.79. The van der Waals surface area contributed by atoms with Crippen molar-refractivity contribution in [2.24, 2.45) is 0 Å². The van der Waals surface area contributed by atoms with Crippen LogP contribution in [0.3, 0.4) is 0 Å². The molecule has 0 saturated carbocycles. The summed E-state index contributed by atoms with van der Waals surface area (Å²) in [6.45, 7) is 1.95. The van der Waals surface area contributed by atoms with Crippen LogP contribution in [0.2, 0.25) is 0 Å². The van der Waals surface area contributed by atoms with Crippen molar-refractivity contribution < 1.29 is 0 Å². The predicted molar refractivity (Wildman–Crippen MR) is 60.8 cm³/mol. The Bertz CT molecular complexity index is 555. The molecule has 0 bridgehead atoms. The fraction of sp³-hybridized carbons (Fsp3) is 0.200. The highest BCUT2D eigenvalue weighted by atomic mass is 32.1.